The van der Waals surface area contributed by atoms with Crippen LogP contribution in [0.4, 0.5) is 5.13 Å². The van der Waals surface area contributed by atoms with E-state index in [0.29, 0.717) is 28.5 Å². The van der Waals surface area contributed by atoms with Crippen LogP contribution < -0.4 is 9.64 Å². The van der Waals surface area contributed by atoms with E-state index < -0.39 is 23.7 Å². The predicted molar refractivity (Wildman–Crippen MR) is 130 cm³/mol. The molecule has 0 spiro atoms. The second-order valence-electron chi connectivity index (χ2n) is 7.46. The molecule has 1 atom stereocenters. The summed E-state index contributed by atoms with van der Waals surface area (Å²) in [7, 11) is 1.26. The fourth-order valence-electron chi connectivity index (χ4n) is 3.60. The second-order valence-corrected chi connectivity index (χ2v) is 9.42. The Labute approximate surface area is 204 Å². The van der Waals surface area contributed by atoms with Gasteiger partial charge in [-0.25, -0.2) is 9.78 Å². The molecule has 0 aliphatic carbocycles. The Bertz CT molecular complexity index is 1260. The summed E-state index contributed by atoms with van der Waals surface area (Å²) in [6.07, 6.45) is 0.861. The molecular formula is C24H22N2O6S2. The van der Waals surface area contributed by atoms with Gasteiger partial charge in [-0.2, -0.15) is 0 Å². The molecule has 1 unspecified atom stereocenters. The minimum Gasteiger partial charge on any atom is -0.507 e. The van der Waals surface area contributed by atoms with Gasteiger partial charge in [-0.05, 0) is 49.1 Å². The van der Waals surface area contributed by atoms with E-state index in [-0.39, 0.29) is 21.3 Å². The number of methoxy groups -OCH3 is 1. The number of thiophene rings is 1. The zero-order valence-corrected chi connectivity index (χ0v) is 20.4. The van der Waals surface area contributed by atoms with Gasteiger partial charge in [-0.3, -0.25) is 14.5 Å². The van der Waals surface area contributed by atoms with E-state index >= 15 is 0 Å². The number of Topliss-reactive ketones (excluding diaryl/α,β-unsaturated/α-hetero) is 1. The number of ketones is 1. The number of hydrogen-bond donors (Lipinski definition) is 1. The number of aliphatic hydroxyl groups is 1. The third-order valence-corrected chi connectivity index (χ3v) is 7.28. The molecule has 176 valence electrons. The summed E-state index contributed by atoms with van der Waals surface area (Å²) in [5.74, 6) is -1.87. The summed E-state index contributed by atoms with van der Waals surface area (Å²) < 4.78 is 10.4. The standard InChI is InChI=1S/C24H22N2O6S2/c1-4-11-32-15-9-7-14(8-10-15)19(27)17-18(16-6-5-12-33-16)26(22(29)20(17)28)24-25-13(2)21(34-24)23(30)31-3/h5-10,12,18,27H,4,11H2,1-3H3/b19-17-. The second kappa shape index (κ2) is 9.78. The van der Waals surface area contributed by atoms with E-state index in [1.54, 1.807) is 43.3 Å². The third-order valence-electron chi connectivity index (χ3n) is 5.22. The first-order valence-electron chi connectivity index (χ1n) is 10.5. The zero-order chi connectivity index (χ0) is 24.4. The van der Waals surface area contributed by atoms with E-state index in [0.717, 1.165) is 17.8 Å². The van der Waals surface area contributed by atoms with Crippen LogP contribution in [-0.2, 0) is 14.3 Å². The summed E-state index contributed by atoms with van der Waals surface area (Å²) in [6.45, 7) is 4.20. The van der Waals surface area contributed by atoms with Crippen LogP contribution in [0.25, 0.3) is 5.76 Å². The number of aliphatic hydroxyl groups excluding tert-OH is 1. The number of hydrogen-bond acceptors (Lipinski definition) is 9. The smallest absolute Gasteiger partial charge is 0.350 e. The summed E-state index contributed by atoms with van der Waals surface area (Å²) in [5, 5.41) is 13.2. The summed E-state index contributed by atoms with van der Waals surface area (Å²) in [5.41, 5.74) is 0.734. The molecule has 1 saturated heterocycles. The molecule has 0 saturated carbocycles. The molecule has 1 fully saturated rings. The Morgan fingerprint density at radius 2 is 1.94 bits per heavy atom. The van der Waals surface area contributed by atoms with Gasteiger partial charge >= 0.3 is 11.9 Å². The molecule has 1 aromatic carbocycles. The number of rotatable bonds is 7. The lowest BCUT2D eigenvalue weighted by Gasteiger charge is -2.21. The highest BCUT2D eigenvalue weighted by molar-refractivity contribution is 7.18. The lowest BCUT2D eigenvalue weighted by molar-refractivity contribution is -0.132. The van der Waals surface area contributed by atoms with Crippen molar-refractivity contribution in [1.29, 1.82) is 0 Å². The normalized spacial score (nSPS) is 17.3. The topological polar surface area (TPSA) is 106 Å². The zero-order valence-electron chi connectivity index (χ0n) is 18.7. The minimum absolute atomic E-state index is 0.0397. The van der Waals surface area contributed by atoms with Crippen molar-refractivity contribution in [2.24, 2.45) is 0 Å². The van der Waals surface area contributed by atoms with Gasteiger partial charge in [0.15, 0.2) is 5.13 Å². The Hall–Kier alpha value is -3.50. The molecule has 3 aromatic rings. The van der Waals surface area contributed by atoms with E-state index in [2.05, 4.69) is 4.98 Å². The highest BCUT2D eigenvalue weighted by Gasteiger charge is 2.48. The molecule has 2 aromatic heterocycles. The van der Waals surface area contributed by atoms with Crippen LogP contribution in [0.1, 0.15) is 45.2 Å². The lowest BCUT2D eigenvalue weighted by Crippen LogP contribution is -2.29. The van der Waals surface area contributed by atoms with Crippen LogP contribution in [0.15, 0.2) is 47.4 Å². The van der Waals surface area contributed by atoms with Crippen LogP contribution in [0.5, 0.6) is 5.75 Å². The van der Waals surface area contributed by atoms with Crippen molar-refractivity contribution in [3.05, 3.63) is 68.4 Å². The van der Waals surface area contributed by atoms with E-state index in [9.17, 15) is 19.5 Å². The first kappa shape index (κ1) is 23.7. The van der Waals surface area contributed by atoms with E-state index in [1.807, 2.05) is 12.3 Å². The van der Waals surface area contributed by atoms with Gasteiger partial charge in [-0.1, -0.05) is 24.3 Å². The van der Waals surface area contributed by atoms with Crippen LogP contribution in [0, 0.1) is 6.92 Å². The summed E-state index contributed by atoms with van der Waals surface area (Å²) >= 11 is 2.31. The van der Waals surface area contributed by atoms with Gasteiger partial charge in [0.05, 0.1) is 25.0 Å². The maximum Gasteiger partial charge on any atom is 0.350 e. The van der Waals surface area contributed by atoms with E-state index in [4.69, 9.17) is 9.47 Å². The SMILES string of the molecule is CCCOc1ccc(/C(O)=C2/C(=O)C(=O)N(c3nc(C)c(C(=O)OC)s3)C2c2cccs2)cc1. The maximum atomic E-state index is 13.2. The Morgan fingerprint density at radius 1 is 1.21 bits per heavy atom. The van der Waals surface area contributed by atoms with Crippen molar-refractivity contribution in [3.8, 4) is 5.75 Å². The first-order valence-corrected chi connectivity index (χ1v) is 12.2. The number of carbonyl (C=O) groups excluding carboxylic acids is 3. The van der Waals surface area contributed by atoms with Crippen molar-refractivity contribution >= 4 is 51.2 Å². The molecule has 1 amide bonds. The molecular weight excluding hydrogens is 476 g/mol. The minimum atomic E-state index is -0.882. The van der Waals surface area contributed by atoms with E-state index in [1.165, 1.54) is 23.3 Å². The van der Waals surface area contributed by atoms with Crippen LogP contribution in [-0.4, -0.2) is 41.5 Å². The van der Waals surface area contributed by atoms with Gasteiger partial charge in [0.2, 0.25) is 0 Å². The highest BCUT2D eigenvalue weighted by Crippen LogP contribution is 2.45. The molecule has 34 heavy (non-hydrogen) atoms. The Morgan fingerprint density at radius 3 is 2.56 bits per heavy atom. The summed E-state index contributed by atoms with van der Waals surface area (Å²) in [4.78, 5) is 44.9. The number of carbonyl (C=O) groups is 3. The number of esters is 1. The maximum absolute atomic E-state index is 13.2. The highest BCUT2D eigenvalue weighted by atomic mass is 32.1. The van der Waals surface area contributed by atoms with Crippen molar-refractivity contribution in [1.82, 2.24) is 4.98 Å². The van der Waals surface area contributed by atoms with Gasteiger partial charge < -0.3 is 14.6 Å². The molecule has 1 aliphatic rings. The van der Waals surface area contributed by atoms with Crippen LogP contribution in [0.2, 0.25) is 0 Å². The average Bonchev–Trinajstić information content (AvgIpc) is 3.56. The number of thiazole rings is 1. The predicted octanol–water partition coefficient (Wildman–Crippen LogP) is 4.71. The number of nitrogens with zero attached hydrogens (tertiary/aromatic N) is 2. The number of anilines is 1. The van der Waals surface area contributed by atoms with Crippen molar-refractivity contribution in [2.75, 3.05) is 18.6 Å². The fourth-order valence-corrected chi connectivity index (χ4v) is 5.43. The largest absolute Gasteiger partial charge is 0.507 e. The molecule has 10 heteroatoms. The lowest BCUT2D eigenvalue weighted by atomic mass is 10.00. The number of benzene rings is 1. The van der Waals surface area contributed by atoms with Gasteiger partial charge in [0, 0.05) is 10.4 Å². The fraction of sp³-hybridized carbons (Fsp3) is 0.250. The monoisotopic (exact) mass is 498 g/mol. The third kappa shape index (κ3) is 4.22. The van der Waals surface area contributed by atoms with Crippen molar-refractivity contribution < 1.29 is 29.0 Å². The molecule has 3 heterocycles. The van der Waals surface area contributed by atoms with Gasteiger partial charge in [0.1, 0.15) is 22.4 Å². The van der Waals surface area contributed by atoms with Crippen molar-refractivity contribution in [2.45, 2.75) is 26.3 Å². The van der Waals surface area contributed by atoms with Gasteiger partial charge in [-0.15, -0.1) is 11.3 Å². The molecule has 8 nitrogen and oxygen atoms in total. The number of ether oxygens (including phenoxy) is 2. The Balaban J connectivity index is 1.81. The number of amides is 1. The summed E-state index contributed by atoms with van der Waals surface area (Å²) in [6, 6.07) is 9.39. The molecule has 4 rings (SSSR count). The Kier molecular flexibility index (Phi) is 6.80. The quantitative estimate of drug-likeness (QED) is 0.218. The first-order chi connectivity index (χ1) is 16.4. The number of aryl methyl sites for hydroxylation is 1. The van der Waals surface area contributed by atoms with Crippen LogP contribution >= 0.6 is 22.7 Å². The van der Waals surface area contributed by atoms with Gasteiger partial charge in [0.25, 0.3) is 5.78 Å². The average molecular weight is 499 g/mol. The van der Waals surface area contributed by atoms with Crippen LogP contribution in [0.3, 0.4) is 0 Å². The molecule has 1 aliphatic heterocycles. The molecule has 0 bridgehead atoms. The number of aromatic nitrogens is 1. The molecule has 1 N–H and O–H groups in total. The molecule has 0 radical (unpaired) electrons. The van der Waals surface area contributed by atoms with Crippen molar-refractivity contribution in [3.63, 3.8) is 0 Å².